The van der Waals surface area contributed by atoms with Crippen LogP contribution in [0.5, 0.6) is 0 Å². The highest BCUT2D eigenvalue weighted by Crippen LogP contribution is 2.30. The fourth-order valence-corrected chi connectivity index (χ4v) is 4.15. The van der Waals surface area contributed by atoms with Crippen molar-refractivity contribution in [3.05, 3.63) is 29.8 Å². The highest BCUT2D eigenvalue weighted by molar-refractivity contribution is 5.92. The lowest BCUT2D eigenvalue weighted by Gasteiger charge is -2.29. The number of nitrogens with one attached hydrogen (secondary N) is 2. The Morgan fingerprint density at radius 3 is 2.16 bits per heavy atom. The molecule has 4 nitrogen and oxygen atoms in total. The number of benzene rings is 1. The fraction of sp³-hybridized carbons (Fsp3) is 0.619. The summed E-state index contributed by atoms with van der Waals surface area (Å²) in [6, 6.07) is 8.27. The first-order chi connectivity index (χ1) is 12.1. The van der Waals surface area contributed by atoms with Crippen molar-refractivity contribution in [2.75, 3.05) is 5.32 Å². The maximum absolute atomic E-state index is 12.5. The molecule has 136 valence electrons. The maximum Gasteiger partial charge on any atom is 0.227 e. The van der Waals surface area contributed by atoms with Crippen LogP contribution in [0, 0.1) is 18.8 Å². The standard InChI is InChI=1S/C21H30N2O2/c1-15-6-5-9-19(14-15)23-21(25)17-12-10-16(11-13-17)20(24)22-18-7-3-2-4-8-18/h5-6,9,14,16-18H,2-4,7-8,10-13H2,1H3,(H,22,24)(H,23,25). The second kappa shape index (κ2) is 8.50. The molecule has 25 heavy (non-hydrogen) atoms. The molecule has 0 atom stereocenters. The predicted octanol–water partition coefficient (Wildman–Crippen LogP) is 4.19. The molecule has 2 amide bonds. The van der Waals surface area contributed by atoms with Crippen molar-refractivity contribution in [2.45, 2.75) is 70.8 Å². The summed E-state index contributed by atoms with van der Waals surface area (Å²) in [5.74, 6) is 0.422. The van der Waals surface area contributed by atoms with E-state index < -0.39 is 0 Å². The smallest absolute Gasteiger partial charge is 0.227 e. The van der Waals surface area contributed by atoms with Crippen LogP contribution in [0.1, 0.15) is 63.4 Å². The van der Waals surface area contributed by atoms with E-state index >= 15 is 0 Å². The van der Waals surface area contributed by atoms with Crippen molar-refractivity contribution >= 4 is 17.5 Å². The van der Waals surface area contributed by atoms with Gasteiger partial charge in [0, 0.05) is 23.6 Å². The van der Waals surface area contributed by atoms with E-state index in [0.29, 0.717) is 6.04 Å². The second-order valence-corrected chi connectivity index (χ2v) is 7.75. The number of aryl methyl sites for hydroxylation is 1. The van der Waals surface area contributed by atoms with Crippen molar-refractivity contribution in [1.29, 1.82) is 0 Å². The maximum atomic E-state index is 12.5. The van der Waals surface area contributed by atoms with Crippen LogP contribution in [0.25, 0.3) is 0 Å². The zero-order chi connectivity index (χ0) is 17.6. The highest BCUT2D eigenvalue weighted by Gasteiger charge is 2.31. The van der Waals surface area contributed by atoms with Gasteiger partial charge in [-0.1, -0.05) is 31.4 Å². The van der Waals surface area contributed by atoms with E-state index in [2.05, 4.69) is 10.6 Å². The minimum Gasteiger partial charge on any atom is -0.353 e. The molecule has 1 aromatic rings. The number of rotatable bonds is 4. The summed E-state index contributed by atoms with van der Waals surface area (Å²) in [7, 11) is 0. The van der Waals surface area contributed by atoms with Gasteiger partial charge in [-0.05, 0) is 63.1 Å². The third-order valence-corrected chi connectivity index (χ3v) is 5.71. The van der Waals surface area contributed by atoms with Crippen LogP contribution in [-0.2, 0) is 9.59 Å². The number of carbonyl (C=O) groups is 2. The summed E-state index contributed by atoms with van der Waals surface area (Å²) in [5.41, 5.74) is 2.00. The van der Waals surface area contributed by atoms with Crippen molar-refractivity contribution in [1.82, 2.24) is 5.32 Å². The van der Waals surface area contributed by atoms with Crippen LogP contribution < -0.4 is 10.6 Å². The van der Waals surface area contributed by atoms with Gasteiger partial charge in [-0.3, -0.25) is 9.59 Å². The van der Waals surface area contributed by atoms with Gasteiger partial charge in [-0.25, -0.2) is 0 Å². The third-order valence-electron chi connectivity index (χ3n) is 5.71. The summed E-state index contributed by atoms with van der Waals surface area (Å²) in [6.07, 6.45) is 9.27. The molecular weight excluding hydrogens is 312 g/mol. The summed E-state index contributed by atoms with van der Waals surface area (Å²) in [5, 5.41) is 6.26. The first-order valence-corrected chi connectivity index (χ1v) is 9.80. The molecule has 4 heteroatoms. The molecule has 0 bridgehead atoms. The Kier molecular flexibility index (Phi) is 6.11. The zero-order valence-corrected chi connectivity index (χ0v) is 15.2. The Balaban J connectivity index is 1.44. The van der Waals surface area contributed by atoms with Crippen molar-refractivity contribution in [2.24, 2.45) is 11.8 Å². The molecule has 2 aliphatic rings. The van der Waals surface area contributed by atoms with Crippen molar-refractivity contribution < 1.29 is 9.59 Å². The third kappa shape index (κ3) is 5.07. The molecule has 1 aromatic carbocycles. The zero-order valence-electron chi connectivity index (χ0n) is 15.2. The Labute approximate surface area is 150 Å². The summed E-state index contributed by atoms with van der Waals surface area (Å²) in [4.78, 5) is 24.9. The lowest BCUT2D eigenvalue weighted by molar-refractivity contribution is -0.129. The topological polar surface area (TPSA) is 58.2 Å². The average Bonchev–Trinajstić information content (AvgIpc) is 2.62. The van der Waals surface area contributed by atoms with E-state index in [9.17, 15) is 9.59 Å². The number of amides is 2. The quantitative estimate of drug-likeness (QED) is 0.862. The number of carbonyl (C=O) groups excluding carboxylic acids is 2. The first-order valence-electron chi connectivity index (χ1n) is 9.80. The Hall–Kier alpha value is -1.84. The van der Waals surface area contributed by atoms with Gasteiger partial charge in [0.15, 0.2) is 0 Å². The molecular formula is C21H30N2O2. The molecule has 0 aromatic heterocycles. The summed E-state index contributed by atoms with van der Waals surface area (Å²) in [6.45, 7) is 2.02. The average molecular weight is 342 g/mol. The SMILES string of the molecule is Cc1cccc(NC(=O)C2CCC(C(=O)NC3CCCCC3)CC2)c1. The lowest BCUT2D eigenvalue weighted by Crippen LogP contribution is -2.41. The van der Waals surface area contributed by atoms with E-state index in [1.807, 2.05) is 31.2 Å². The van der Waals surface area contributed by atoms with E-state index in [4.69, 9.17) is 0 Å². The van der Waals surface area contributed by atoms with Gasteiger partial charge in [0.1, 0.15) is 0 Å². The van der Waals surface area contributed by atoms with E-state index in [1.54, 1.807) is 0 Å². The van der Waals surface area contributed by atoms with Gasteiger partial charge >= 0.3 is 0 Å². The predicted molar refractivity (Wildman–Crippen MR) is 100 cm³/mol. The van der Waals surface area contributed by atoms with Gasteiger partial charge in [0.25, 0.3) is 0 Å². The van der Waals surface area contributed by atoms with Crippen molar-refractivity contribution in [3.8, 4) is 0 Å². The molecule has 0 heterocycles. The molecule has 0 aliphatic heterocycles. The number of anilines is 1. The highest BCUT2D eigenvalue weighted by atomic mass is 16.2. The van der Waals surface area contributed by atoms with Crippen LogP contribution in [-0.4, -0.2) is 17.9 Å². The van der Waals surface area contributed by atoms with Crippen LogP contribution in [0.4, 0.5) is 5.69 Å². The molecule has 2 aliphatic carbocycles. The molecule has 0 unspecified atom stereocenters. The number of hydrogen-bond acceptors (Lipinski definition) is 2. The minimum absolute atomic E-state index is 0.0271. The molecule has 0 radical (unpaired) electrons. The lowest BCUT2D eigenvalue weighted by atomic mass is 9.80. The van der Waals surface area contributed by atoms with E-state index in [1.165, 1.54) is 19.3 Å². The van der Waals surface area contributed by atoms with Gasteiger partial charge in [-0.2, -0.15) is 0 Å². The Bertz CT molecular complexity index is 600. The van der Waals surface area contributed by atoms with Crippen LogP contribution in [0.15, 0.2) is 24.3 Å². The first kappa shape index (κ1) is 18.0. The largest absolute Gasteiger partial charge is 0.353 e. The monoisotopic (exact) mass is 342 g/mol. The summed E-state index contributed by atoms with van der Waals surface area (Å²) >= 11 is 0. The fourth-order valence-electron chi connectivity index (χ4n) is 4.15. The molecule has 2 N–H and O–H groups in total. The second-order valence-electron chi connectivity index (χ2n) is 7.75. The van der Waals surface area contributed by atoms with E-state index in [0.717, 1.165) is 49.8 Å². The van der Waals surface area contributed by atoms with E-state index in [-0.39, 0.29) is 23.7 Å². The molecule has 0 saturated heterocycles. The number of hydrogen-bond donors (Lipinski definition) is 2. The minimum atomic E-state index is 0.0271. The van der Waals surface area contributed by atoms with Gasteiger partial charge in [-0.15, -0.1) is 0 Å². The van der Waals surface area contributed by atoms with Crippen molar-refractivity contribution in [3.63, 3.8) is 0 Å². The van der Waals surface area contributed by atoms with Gasteiger partial charge in [0.2, 0.25) is 11.8 Å². The Morgan fingerprint density at radius 2 is 1.52 bits per heavy atom. The van der Waals surface area contributed by atoms with Gasteiger partial charge in [0.05, 0.1) is 0 Å². The Morgan fingerprint density at radius 1 is 0.880 bits per heavy atom. The van der Waals surface area contributed by atoms with Crippen LogP contribution in [0.3, 0.4) is 0 Å². The molecule has 2 fully saturated rings. The van der Waals surface area contributed by atoms with Crippen LogP contribution >= 0.6 is 0 Å². The normalized spacial score (nSPS) is 24.5. The van der Waals surface area contributed by atoms with Gasteiger partial charge < -0.3 is 10.6 Å². The summed E-state index contributed by atoms with van der Waals surface area (Å²) < 4.78 is 0. The molecule has 0 spiro atoms. The molecule has 2 saturated carbocycles. The molecule has 3 rings (SSSR count). The van der Waals surface area contributed by atoms with Crippen LogP contribution in [0.2, 0.25) is 0 Å².